The average Bonchev–Trinajstić information content (AvgIpc) is 3.07. The maximum atomic E-state index is 2.00. The lowest BCUT2D eigenvalue weighted by Crippen LogP contribution is -2.43. The molecule has 0 nitrogen and oxygen atoms in total. The Morgan fingerprint density at radius 1 is 0.478 bits per heavy atom. The van der Waals surface area contributed by atoms with Crippen molar-refractivity contribution in [2.24, 2.45) is 35.5 Å². The molecule has 137 valence electrons. The van der Waals surface area contributed by atoms with E-state index in [1.807, 2.05) is 27.7 Å². The fourth-order valence-corrected chi connectivity index (χ4v) is 6.45. The van der Waals surface area contributed by atoms with E-state index in [4.69, 9.17) is 0 Å². The van der Waals surface area contributed by atoms with E-state index in [1.165, 1.54) is 23.7 Å². The summed E-state index contributed by atoms with van der Waals surface area (Å²) in [5.74, 6) is 7.02. The Morgan fingerprint density at radius 2 is 0.870 bits per heavy atom. The van der Waals surface area contributed by atoms with Gasteiger partial charge in [0.25, 0.3) is 0 Å². The van der Waals surface area contributed by atoms with E-state index in [0.717, 1.165) is 11.8 Å². The molecule has 0 amide bonds. The van der Waals surface area contributed by atoms with Gasteiger partial charge in [-0.15, -0.1) is 0 Å². The first kappa shape index (κ1) is 23.1. The largest absolute Gasteiger partial charge is 0.0776 e. The zero-order valence-corrected chi connectivity index (χ0v) is 15.8. The van der Waals surface area contributed by atoms with Crippen LogP contribution in [0.4, 0.5) is 0 Å². The predicted molar refractivity (Wildman–Crippen MR) is 109 cm³/mol. The first-order valence-electron chi connectivity index (χ1n) is 10.4. The van der Waals surface area contributed by atoms with Gasteiger partial charge in [-0.05, 0) is 74.0 Å². The van der Waals surface area contributed by atoms with E-state index >= 15 is 0 Å². The quantitative estimate of drug-likeness (QED) is 0.403. The molecule has 0 N–H and O–H groups in total. The molecule has 0 aliphatic heterocycles. The Labute approximate surface area is 151 Å². The molecule has 1 heteroatoms. The highest BCUT2D eigenvalue weighted by atomic mass is 14.5. The summed E-state index contributed by atoms with van der Waals surface area (Å²) in [7, 11) is 0. The summed E-state index contributed by atoms with van der Waals surface area (Å²) in [6.45, 7) is 8.00. The average molecular weight is 322 g/mol. The molecule has 4 aliphatic rings. The van der Waals surface area contributed by atoms with Crippen molar-refractivity contribution in [1.29, 1.82) is 0 Å². The lowest BCUT2D eigenvalue weighted by molar-refractivity contribution is -0.0184. The zero-order chi connectivity index (χ0) is 15.2. The van der Waals surface area contributed by atoms with Crippen LogP contribution in [-0.2, 0) is 0 Å². The highest BCUT2D eigenvalue weighted by Crippen LogP contribution is 2.57. The molecule has 0 heterocycles. The third-order valence-corrected chi connectivity index (χ3v) is 7.08. The summed E-state index contributed by atoms with van der Waals surface area (Å²) in [5, 5.41) is 0. The van der Waals surface area contributed by atoms with E-state index in [0.29, 0.717) is 0 Å². The van der Waals surface area contributed by atoms with Gasteiger partial charge in [-0.1, -0.05) is 67.2 Å². The standard InChI is InChI=1S/C17H28.2C2H6.CH4.B.H2/c1-2-6-14-12(4-1)8-10-17-15-7-3-5-13(15)9-11-16(14)17;2*1-2;;;/h12-17H,1-11H2;2*1-2H3;1H4;;1H/i;;;;;1+1. The van der Waals surface area contributed by atoms with Gasteiger partial charge in [0.05, 0.1) is 0 Å². The van der Waals surface area contributed by atoms with Gasteiger partial charge in [-0.2, -0.15) is 0 Å². The number of hydrogen-bond acceptors (Lipinski definition) is 0. The highest BCUT2D eigenvalue weighted by Gasteiger charge is 2.48. The third-order valence-electron chi connectivity index (χ3n) is 7.08. The Bertz CT molecular complexity index is 294. The molecule has 6 unspecified atom stereocenters. The van der Waals surface area contributed by atoms with Crippen LogP contribution in [0.15, 0.2) is 0 Å². The molecule has 0 saturated heterocycles. The summed E-state index contributed by atoms with van der Waals surface area (Å²) in [5.41, 5.74) is 0. The maximum Gasteiger partial charge on any atom is 0 e. The minimum Gasteiger partial charge on any atom is -0.0776 e. The van der Waals surface area contributed by atoms with Gasteiger partial charge in [-0.25, -0.2) is 0 Å². The molecule has 0 aromatic heterocycles. The minimum atomic E-state index is 0. The van der Waals surface area contributed by atoms with Crippen molar-refractivity contribution in [2.45, 2.75) is 106 Å². The van der Waals surface area contributed by atoms with Crippen molar-refractivity contribution >= 4 is 8.41 Å². The van der Waals surface area contributed by atoms with Crippen LogP contribution in [0.2, 0.25) is 0 Å². The zero-order valence-electron chi connectivity index (χ0n) is 15.8. The Hall–Kier alpha value is 0.0649. The second-order valence-corrected chi connectivity index (χ2v) is 7.55. The SMILES string of the molecule is C.C1CCC2C(C1)CCC1C3CCCC3CCC21.CC.CC.[2HH].[B]. The Kier molecular flexibility index (Phi) is 11.6. The van der Waals surface area contributed by atoms with E-state index < -0.39 is 0 Å². The normalized spacial score (nSPS) is 40.2. The summed E-state index contributed by atoms with van der Waals surface area (Å²) in [6, 6.07) is 0. The first-order valence-corrected chi connectivity index (χ1v) is 10.4. The molecule has 0 aromatic rings. The van der Waals surface area contributed by atoms with Gasteiger partial charge in [-0.3, -0.25) is 0 Å². The van der Waals surface area contributed by atoms with E-state index in [-0.39, 0.29) is 17.3 Å². The Morgan fingerprint density at radius 3 is 1.39 bits per heavy atom. The fraction of sp³-hybridized carbons (Fsp3) is 1.00. The van der Waals surface area contributed by atoms with E-state index in [1.54, 1.807) is 70.6 Å². The monoisotopic (exact) mass is 322 g/mol. The molecule has 0 aromatic carbocycles. The maximum absolute atomic E-state index is 2.00. The molecule has 3 radical (unpaired) electrons. The number of hydrogen-bond donors (Lipinski definition) is 0. The van der Waals surface area contributed by atoms with Crippen molar-refractivity contribution in [3.05, 3.63) is 0 Å². The lowest BCUT2D eigenvalue weighted by Gasteiger charge is -2.51. The van der Waals surface area contributed by atoms with Crippen LogP contribution in [0, 0.1) is 35.5 Å². The van der Waals surface area contributed by atoms with Gasteiger partial charge in [0, 0.05) is 9.84 Å². The molecule has 0 bridgehead atoms. The summed E-state index contributed by atoms with van der Waals surface area (Å²) in [4.78, 5) is 0. The predicted octanol–water partition coefficient (Wildman–Crippen LogP) is 7.58. The van der Waals surface area contributed by atoms with Crippen molar-refractivity contribution < 1.29 is 1.43 Å². The van der Waals surface area contributed by atoms with Crippen LogP contribution in [-0.4, -0.2) is 8.41 Å². The molecular weight excluding hydrogens is 275 g/mol. The van der Waals surface area contributed by atoms with Crippen molar-refractivity contribution in [3.8, 4) is 0 Å². The summed E-state index contributed by atoms with van der Waals surface area (Å²) in [6.07, 6.45) is 17.5. The van der Waals surface area contributed by atoms with Gasteiger partial charge < -0.3 is 0 Å². The lowest BCUT2D eigenvalue weighted by atomic mass is 9.54. The van der Waals surface area contributed by atoms with E-state index in [9.17, 15) is 0 Å². The summed E-state index contributed by atoms with van der Waals surface area (Å²) >= 11 is 0. The van der Waals surface area contributed by atoms with E-state index in [2.05, 4.69) is 0 Å². The van der Waals surface area contributed by atoms with Crippen molar-refractivity contribution in [3.63, 3.8) is 0 Å². The van der Waals surface area contributed by atoms with Gasteiger partial charge in [0.2, 0.25) is 0 Å². The molecule has 0 spiro atoms. The molecular formula is C22H46B. The van der Waals surface area contributed by atoms with Gasteiger partial charge in [0.1, 0.15) is 0 Å². The van der Waals surface area contributed by atoms with Crippen LogP contribution >= 0.6 is 0 Å². The molecule has 23 heavy (non-hydrogen) atoms. The van der Waals surface area contributed by atoms with Crippen LogP contribution in [0.5, 0.6) is 0 Å². The second kappa shape index (κ2) is 11.6. The summed E-state index contributed by atoms with van der Waals surface area (Å²) < 4.78 is 0. The van der Waals surface area contributed by atoms with Crippen molar-refractivity contribution in [2.75, 3.05) is 0 Å². The topological polar surface area (TPSA) is 0 Å². The minimum absolute atomic E-state index is 0. The molecule has 4 aliphatic carbocycles. The second-order valence-electron chi connectivity index (χ2n) is 7.55. The highest BCUT2D eigenvalue weighted by molar-refractivity contribution is 5.75. The van der Waals surface area contributed by atoms with Crippen LogP contribution in [0.25, 0.3) is 0 Å². The molecule has 4 saturated carbocycles. The van der Waals surface area contributed by atoms with Crippen LogP contribution in [0.3, 0.4) is 0 Å². The number of rotatable bonds is 0. The smallest absolute Gasteiger partial charge is 0 e. The van der Waals surface area contributed by atoms with Gasteiger partial charge >= 0.3 is 0 Å². The van der Waals surface area contributed by atoms with Gasteiger partial charge in [0.15, 0.2) is 0 Å². The number of fused-ring (bicyclic) bond motifs is 5. The van der Waals surface area contributed by atoms with Crippen LogP contribution < -0.4 is 0 Å². The molecule has 4 rings (SSSR count). The Balaban J connectivity index is 0. The fourth-order valence-electron chi connectivity index (χ4n) is 6.45. The molecule has 6 atom stereocenters. The van der Waals surface area contributed by atoms with Crippen LogP contribution in [0.1, 0.15) is 107 Å². The first-order chi connectivity index (χ1) is 10.4. The molecule has 4 fully saturated rings. The third kappa shape index (κ3) is 4.79. The van der Waals surface area contributed by atoms with Crippen molar-refractivity contribution in [1.82, 2.24) is 0 Å².